The van der Waals surface area contributed by atoms with Crippen LogP contribution in [0.15, 0.2) is 72.8 Å². The van der Waals surface area contributed by atoms with Gasteiger partial charge in [0, 0.05) is 16.3 Å². The van der Waals surface area contributed by atoms with E-state index in [0.29, 0.717) is 17.3 Å². The minimum atomic E-state index is -1.09. The van der Waals surface area contributed by atoms with Gasteiger partial charge in [-0.15, -0.1) is 11.8 Å². The second-order valence-corrected chi connectivity index (χ2v) is 9.14. The molecule has 1 unspecified atom stereocenters. The number of rotatable bonds is 3. The molecule has 30 heavy (non-hydrogen) atoms. The van der Waals surface area contributed by atoms with Gasteiger partial charge in [-0.1, -0.05) is 59.6 Å². The fourth-order valence-corrected chi connectivity index (χ4v) is 5.66. The third-order valence-corrected chi connectivity index (χ3v) is 7.25. The molecule has 2 aliphatic rings. The van der Waals surface area contributed by atoms with E-state index in [1.54, 1.807) is 34.1 Å². The van der Waals surface area contributed by atoms with Crippen molar-refractivity contribution in [2.24, 2.45) is 0 Å². The average Bonchev–Trinajstić information content (AvgIpc) is 3.22. The summed E-state index contributed by atoms with van der Waals surface area (Å²) in [7, 11) is 0. The van der Waals surface area contributed by atoms with Crippen molar-refractivity contribution in [2.45, 2.75) is 18.3 Å². The molecule has 5 rings (SSSR count). The van der Waals surface area contributed by atoms with E-state index in [4.69, 9.17) is 11.6 Å². The van der Waals surface area contributed by atoms with Crippen LogP contribution in [0.2, 0.25) is 5.02 Å². The summed E-state index contributed by atoms with van der Waals surface area (Å²) >= 11 is 7.44. The molecule has 2 heterocycles. The van der Waals surface area contributed by atoms with Crippen LogP contribution in [-0.4, -0.2) is 17.6 Å². The van der Waals surface area contributed by atoms with Crippen LogP contribution < -0.4 is 9.80 Å². The van der Waals surface area contributed by atoms with E-state index in [1.807, 2.05) is 55.5 Å². The van der Waals surface area contributed by atoms with Gasteiger partial charge in [0.15, 0.2) is 0 Å². The maximum atomic E-state index is 13.9. The third-order valence-electron chi connectivity index (χ3n) is 5.61. The summed E-state index contributed by atoms with van der Waals surface area (Å²) in [5.74, 6) is 0.0823. The molecule has 0 radical (unpaired) electrons. The molecule has 2 amide bonds. The SMILES string of the molecule is Cc1ccc(CN2C(=O)C3(SCC(=O)N3c3ccc(Cl)cc3)c3ccccc32)cc1. The molecule has 0 aromatic heterocycles. The first-order valence-electron chi connectivity index (χ1n) is 9.70. The number of halogens is 1. The molecule has 6 heteroatoms. The van der Waals surface area contributed by atoms with Crippen LogP contribution in [0.25, 0.3) is 0 Å². The zero-order valence-electron chi connectivity index (χ0n) is 16.3. The lowest BCUT2D eigenvalue weighted by molar-refractivity contribution is -0.123. The molecular weight excluding hydrogens is 416 g/mol. The zero-order valence-corrected chi connectivity index (χ0v) is 17.9. The molecule has 3 aromatic carbocycles. The number of benzene rings is 3. The first kappa shape index (κ1) is 19.2. The number of hydrogen-bond donors (Lipinski definition) is 0. The maximum Gasteiger partial charge on any atom is 0.269 e. The molecule has 1 spiro atoms. The van der Waals surface area contributed by atoms with Gasteiger partial charge in [-0.25, -0.2) is 0 Å². The fourth-order valence-electron chi connectivity index (χ4n) is 4.18. The highest BCUT2D eigenvalue weighted by molar-refractivity contribution is 8.02. The number of hydrogen-bond acceptors (Lipinski definition) is 3. The van der Waals surface area contributed by atoms with Gasteiger partial charge in [0.25, 0.3) is 5.91 Å². The van der Waals surface area contributed by atoms with E-state index in [-0.39, 0.29) is 17.6 Å². The number of aryl methyl sites for hydroxylation is 1. The van der Waals surface area contributed by atoms with Crippen LogP contribution in [0.1, 0.15) is 16.7 Å². The lowest BCUT2D eigenvalue weighted by Gasteiger charge is -2.33. The Hall–Kier alpha value is -2.76. The number of carbonyl (C=O) groups is 2. The second-order valence-electron chi connectivity index (χ2n) is 7.53. The van der Waals surface area contributed by atoms with E-state index in [1.165, 1.54) is 17.3 Å². The highest BCUT2D eigenvalue weighted by Crippen LogP contribution is 2.55. The van der Waals surface area contributed by atoms with Crippen molar-refractivity contribution in [1.29, 1.82) is 0 Å². The minimum Gasteiger partial charge on any atom is -0.304 e. The van der Waals surface area contributed by atoms with Gasteiger partial charge < -0.3 is 4.90 Å². The van der Waals surface area contributed by atoms with Crippen LogP contribution in [0.4, 0.5) is 11.4 Å². The molecule has 0 N–H and O–H groups in total. The predicted molar refractivity (Wildman–Crippen MR) is 122 cm³/mol. The Labute approximate surface area is 184 Å². The Morgan fingerprint density at radius 1 is 0.967 bits per heavy atom. The van der Waals surface area contributed by atoms with E-state index < -0.39 is 4.87 Å². The quantitative estimate of drug-likeness (QED) is 0.574. The van der Waals surface area contributed by atoms with Crippen LogP contribution >= 0.6 is 23.4 Å². The van der Waals surface area contributed by atoms with Gasteiger partial charge in [-0.05, 0) is 42.8 Å². The summed E-state index contributed by atoms with van der Waals surface area (Å²) in [6, 6.07) is 23.0. The number of para-hydroxylation sites is 1. The first-order valence-corrected chi connectivity index (χ1v) is 11.1. The van der Waals surface area contributed by atoms with Gasteiger partial charge >= 0.3 is 0 Å². The molecule has 0 bridgehead atoms. The zero-order chi connectivity index (χ0) is 20.9. The van der Waals surface area contributed by atoms with Gasteiger partial charge in [0.2, 0.25) is 10.8 Å². The van der Waals surface area contributed by atoms with Crippen molar-refractivity contribution in [2.75, 3.05) is 15.6 Å². The Balaban J connectivity index is 1.62. The Bertz CT molecular complexity index is 1150. The number of anilines is 2. The van der Waals surface area contributed by atoms with Crippen LogP contribution in [-0.2, 0) is 21.0 Å². The number of fused-ring (bicyclic) bond motifs is 2. The highest BCUT2D eigenvalue weighted by atomic mass is 35.5. The fraction of sp³-hybridized carbons (Fsp3) is 0.167. The predicted octanol–water partition coefficient (Wildman–Crippen LogP) is 5.13. The summed E-state index contributed by atoms with van der Waals surface area (Å²) in [5, 5.41) is 0.589. The topological polar surface area (TPSA) is 40.6 Å². The van der Waals surface area contributed by atoms with Crippen molar-refractivity contribution in [3.63, 3.8) is 0 Å². The number of thioether (sulfide) groups is 1. The Morgan fingerprint density at radius 3 is 2.40 bits per heavy atom. The van der Waals surface area contributed by atoms with Gasteiger partial charge in [-0.2, -0.15) is 0 Å². The second kappa shape index (κ2) is 7.18. The molecular formula is C24H19ClN2O2S. The molecule has 1 atom stereocenters. The maximum absolute atomic E-state index is 13.9. The lowest BCUT2D eigenvalue weighted by atomic mass is 10.0. The van der Waals surface area contributed by atoms with Crippen molar-refractivity contribution < 1.29 is 9.59 Å². The van der Waals surface area contributed by atoms with Crippen molar-refractivity contribution in [3.8, 4) is 0 Å². The van der Waals surface area contributed by atoms with Gasteiger partial charge in [-0.3, -0.25) is 14.5 Å². The summed E-state index contributed by atoms with van der Waals surface area (Å²) in [6.07, 6.45) is 0. The van der Waals surface area contributed by atoms with Crippen LogP contribution in [0.5, 0.6) is 0 Å². The standard InChI is InChI=1S/C24H19ClN2O2S/c1-16-6-8-17(9-7-16)14-26-21-5-3-2-4-20(21)24(23(26)29)27(22(28)15-30-24)19-12-10-18(25)11-13-19/h2-13H,14-15H2,1H3. The lowest BCUT2D eigenvalue weighted by Crippen LogP contribution is -2.49. The number of amides is 2. The molecule has 2 aliphatic heterocycles. The Morgan fingerprint density at radius 2 is 1.67 bits per heavy atom. The van der Waals surface area contributed by atoms with Crippen molar-refractivity contribution in [3.05, 3.63) is 94.5 Å². The molecule has 1 saturated heterocycles. The monoisotopic (exact) mass is 434 g/mol. The van der Waals surface area contributed by atoms with Crippen molar-refractivity contribution in [1.82, 2.24) is 0 Å². The van der Waals surface area contributed by atoms with E-state index >= 15 is 0 Å². The van der Waals surface area contributed by atoms with Gasteiger partial charge in [0.05, 0.1) is 18.0 Å². The van der Waals surface area contributed by atoms with Crippen LogP contribution in [0.3, 0.4) is 0 Å². The average molecular weight is 435 g/mol. The van der Waals surface area contributed by atoms with Gasteiger partial charge in [0.1, 0.15) is 0 Å². The summed E-state index contributed by atoms with van der Waals surface area (Å²) in [5.41, 5.74) is 4.61. The number of nitrogens with zero attached hydrogens (tertiary/aromatic N) is 2. The summed E-state index contributed by atoms with van der Waals surface area (Å²) < 4.78 is 0. The first-order chi connectivity index (χ1) is 14.5. The van der Waals surface area contributed by atoms with Crippen LogP contribution in [0, 0.1) is 6.92 Å². The molecule has 4 nitrogen and oxygen atoms in total. The molecule has 1 fully saturated rings. The van der Waals surface area contributed by atoms with Crippen molar-refractivity contribution >= 4 is 46.6 Å². The summed E-state index contributed by atoms with van der Waals surface area (Å²) in [6.45, 7) is 2.50. The normalized spacial score (nSPS) is 20.3. The number of carbonyl (C=O) groups excluding carboxylic acids is 2. The molecule has 150 valence electrons. The third kappa shape index (κ3) is 2.84. The molecule has 3 aromatic rings. The smallest absolute Gasteiger partial charge is 0.269 e. The Kier molecular flexibility index (Phi) is 4.60. The molecule has 0 saturated carbocycles. The van der Waals surface area contributed by atoms with E-state index in [9.17, 15) is 9.59 Å². The molecule has 0 aliphatic carbocycles. The summed E-state index contributed by atoms with van der Waals surface area (Å²) in [4.78, 5) is 29.3. The largest absolute Gasteiger partial charge is 0.304 e. The van der Waals surface area contributed by atoms with E-state index in [2.05, 4.69) is 0 Å². The minimum absolute atomic E-state index is 0.0809. The van der Waals surface area contributed by atoms with E-state index in [0.717, 1.165) is 16.8 Å². The highest BCUT2D eigenvalue weighted by Gasteiger charge is 2.60.